The monoisotopic (exact) mass is 237 g/mol. The van der Waals surface area contributed by atoms with E-state index < -0.39 is 5.97 Å². The van der Waals surface area contributed by atoms with Crippen molar-refractivity contribution in [1.29, 1.82) is 0 Å². The summed E-state index contributed by atoms with van der Waals surface area (Å²) in [4.78, 5) is 27.3. The van der Waals surface area contributed by atoms with Crippen LogP contribution in [0.5, 0.6) is 0 Å². The number of aromatic nitrogens is 1. The molecule has 0 unspecified atom stereocenters. The van der Waals surface area contributed by atoms with Gasteiger partial charge in [-0.05, 0) is 19.1 Å². The molecular formula is C11H15N3O3. The van der Waals surface area contributed by atoms with Crippen molar-refractivity contribution < 1.29 is 14.7 Å². The molecule has 6 nitrogen and oxygen atoms in total. The number of pyridine rings is 1. The van der Waals surface area contributed by atoms with Crippen LogP contribution in [-0.4, -0.2) is 40.6 Å². The third kappa shape index (κ3) is 4.50. The van der Waals surface area contributed by atoms with Gasteiger partial charge in [0.2, 0.25) is 0 Å². The molecule has 0 saturated carbocycles. The second-order valence-corrected chi connectivity index (χ2v) is 3.68. The first-order valence-electron chi connectivity index (χ1n) is 5.15. The molecule has 17 heavy (non-hydrogen) atoms. The molecule has 92 valence electrons. The fourth-order valence-electron chi connectivity index (χ4n) is 1.21. The number of carboxylic acid groups (broad SMARTS) is 1. The summed E-state index contributed by atoms with van der Waals surface area (Å²) < 4.78 is 0. The Morgan fingerprint density at radius 3 is 2.82 bits per heavy atom. The van der Waals surface area contributed by atoms with Gasteiger partial charge in [0.1, 0.15) is 0 Å². The van der Waals surface area contributed by atoms with Gasteiger partial charge in [-0.2, -0.15) is 0 Å². The Kier molecular flexibility index (Phi) is 4.45. The number of rotatable bonds is 4. The van der Waals surface area contributed by atoms with Crippen LogP contribution in [0.1, 0.15) is 12.1 Å². The third-order valence-electron chi connectivity index (χ3n) is 2.16. The summed E-state index contributed by atoms with van der Waals surface area (Å²) in [5, 5.41) is 11.2. The Morgan fingerprint density at radius 1 is 1.53 bits per heavy atom. The Bertz CT molecular complexity index is 420. The van der Waals surface area contributed by atoms with Crippen LogP contribution in [0.4, 0.5) is 10.5 Å². The number of carbonyl (C=O) groups is 2. The van der Waals surface area contributed by atoms with Gasteiger partial charge in [0.15, 0.2) is 0 Å². The van der Waals surface area contributed by atoms with E-state index in [2.05, 4.69) is 10.3 Å². The van der Waals surface area contributed by atoms with E-state index in [9.17, 15) is 9.59 Å². The number of aryl methyl sites for hydroxylation is 1. The van der Waals surface area contributed by atoms with Crippen LogP contribution in [0.25, 0.3) is 0 Å². The number of carboxylic acids is 1. The van der Waals surface area contributed by atoms with Gasteiger partial charge in [0, 0.05) is 31.2 Å². The summed E-state index contributed by atoms with van der Waals surface area (Å²) in [6.45, 7) is 2.00. The van der Waals surface area contributed by atoms with Crippen LogP contribution >= 0.6 is 0 Å². The van der Waals surface area contributed by atoms with Gasteiger partial charge in [0.25, 0.3) is 0 Å². The second kappa shape index (κ2) is 5.83. The van der Waals surface area contributed by atoms with Crippen LogP contribution in [0.2, 0.25) is 0 Å². The highest BCUT2D eigenvalue weighted by molar-refractivity contribution is 5.89. The minimum Gasteiger partial charge on any atom is -0.481 e. The predicted octanol–water partition coefficient (Wildman–Crippen LogP) is 1.33. The number of aliphatic carboxylic acids is 1. The molecule has 1 aromatic heterocycles. The van der Waals surface area contributed by atoms with Crippen LogP contribution in [0.15, 0.2) is 18.3 Å². The fourth-order valence-corrected chi connectivity index (χ4v) is 1.21. The highest BCUT2D eigenvalue weighted by Gasteiger charge is 2.10. The lowest BCUT2D eigenvalue weighted by Gasteiger charge is -2.16. The first-order chi connectivity index (χ1) is 7.99. The zero-order valence-corrected chi connectivity index (χ0v) is 9.80. The third-order valence-corrected chi connectivity index (χ3v) is 2.16. The smallest absolute Gasteiger partial charge is 0.321 e. The number of amides is 2. The second-order valence-electron chi connectivity index (χ2n) is 3.68. The number of carbonyl (C=O) groups excluding carboxylic acids is 1. The van der Waals surface area contributed by atoms with Crippen molar-refractivity contribution in [3.05, 3.63) is 24.0 Å². The van der Waals surface area contributed by atoms with Crippen LogP contribution in [0, 0.1) is 6.92 Å². The van der Waals surface area contributed by atoms with Gasteiger partial charge in [-0.15, -0.1) is 0 Å². The minimum absolute atomic E-state index is 0.0701. The van der Waals surface area contributed by atoms with Crippen LogP contribution in [0.3, 0.4) is 0 Å². The van der Waals surface area contributed by atoms with Gasteiger partial charge in [0.05, 0.1) is 6.42 Å². The molecule has 0 radical (unpaired) electrons. The largest absolute Gasteiger partial charge is 0.481 e. The van der Waals surface area contributed by atoms with E-state index in [0.29, 0.717) is 5.69 Å². The van der Waals surface area contributed by atoms with E-state index in [4.69, 9.17) is 5.11 Å². The van der Waals surface area contributed by atoms with Gasteiger partial charge in [-0.25, -0.2) is 4.79 Å². The predicted molar refractivity (Wildman–Crippen MR) is 62.9 cm³/mol. The fraction of sp³-hybridized carbons (Fsp3) is 0.364. The molecule has 0 aliphatic carbocycles. The Hall–Kier alpha value is -2.11. The van der Waals surface area contributed by atoms with Crippen LogP contribution in [-0.2, 0) is 4.79 Å². The van der Waals surface area contributed by atoms with E-state index in [-0.39, 0.29) is 19.0 Å². The summed E-state index contributed by atoms with van der Waals surface area (Å²) in [7, 11) is 1.55. The standard InChI is InChI=1S/C11H15N3O3/c1-8-7-9(3-5-12-8)13-11(17)14(2)6-4-10(15)16/h3,5,7H,4,6H2,1-2H3,(H,15,16)(H,12,13,17). The molecule has 1 aromatic rings. The summed E-state index contributed by atoms with van der Waals surface area (Å²) in [5.41, 5.74) is 1.45. The topological polar surface area (TPSA) is 82.5 Å². The quantitative estimate of drug-likeness (QED) is 0.827. The highest BCUT2D eigenvalue weighted by Crippen LogP contribution is 2.07. The Morgan fingerprint density at radius 2 is 2.24 bits per heavy atom. The number of nitrogens with one attached hydrogen (secondary N) is 1. The van der Waals surface area contributed by atoms with Crippen molar-refractivity contribution in [1.82, 2.24) is 9.88 Å². The number of hydrogen-bond acceptors (Lipinski definition) is 3. The van der Waals surface area contributed by atoms with Gasteiger partial charge >= 0.3 is 12.0 Å². The number of nitrogens with zero attached hydrogens (tertiary/aromatic N) is 2. The van der Waals surface area contributed by atoms with Crippen LogP contribution < -0.4 is 5.32 Å². The first-order valence-corrected chi connectivity index (χ1v) is 5.15. The van der Waals surface area contributed by atoms with Gasteiger partial charge in [-0.3, -0.25) is 9.78 Å². The molecule has 0 bridgehead atoms. The zero-order chi connectivity index (χ0) is 12.8. The van der Waals surface area contributed by atoms with Crippen molar-refractivity contribution in [2.45, 2.75) is 13.3 Å². The van der Waals surface area contributed by atoms with E-state index >= 15 is 0 Å². The molecule has 2 N–H and O–H groups in total. The summed E-state index contributed by atoms with van der Waals surface area (Å²) in [6.07, 6.45) is 1.53. The minimum atomic E-state index is -0.926. The Balaban J connectivity index is 2.51. The molecule has 0 atom stereocenters. The maximum atomic E-state index is 11.6. The molecule has 6 heteroatoms. The molecule has 0 aromatic carbocycles. The maximum absolute atomic E-state index is 11.6. The molecule has 0 aliphatic rings. The van der Waals surface area contributed by atoms with E-state index in [1.807, 2.05) is 6.92 Å². The van der Waals surface area contributed by atoms with E-state index in [1.54, 1.807) is 25.4 Å². The summed E-state index contributed by atoms with van der Waals surface area (Å²) in [6, 6.07) is 3.08. The summed E-state index contributed by atoms with van der Waals surface area (Å²) in [5.74, 6) is -0.926. The lowest BCUT2D eigenvalue weighted by atomic mass is 10.3. The average molecular weight is 237 g/mol. The number of urea groups is 1. The number of hydrogen-bond donors (Lipinski definition) is 2. The molecule has 1 heterocycles. The molecule has 1 rings (SSSR count). The lowest BCUT2D eigenvalue weighted by molar-refractivity contribution is -0.137. The van der Waals surface area contributed by atoms with Crippen molar-refractivity contribution in [2.24, 2.45) is 0 Å². The zero-order valence-electron chi connectivity index (χ0n) is 9.80. The molecule has 0 spiro atoms. The van der Waals surface area contributed by atoms with E-state index in [1.165, 1.54) is 4.90 Å². The summed E-state index contributed by atoms with van der Waals surface area (Å²) >= 11 is 0. The maximum Gasteiger partial charge on any atom is 0.321 e. The van der Waals surface area contributed by atoms with Crippen molar-refractivity contribution in [3.8, 4) is 0 Å². The average Bonchev–Trinajstić information content (AvgIpc) is 2.25. The van der Waals surface area contributed by atoms with Gasteiger partial charge in [-0.1, -0.05) is 0 Å². The first kappa shape index (κ1) is 13.0. The SMILES string of the molecule is Cc1cc(NC(=O)N(C)CCC(=O)O)ccn1. The van der Waals surface area contributed by atoms with Crippen molar-refractivity contribution >= 4 is 17.7 Å². The molecule has 0 aliphatic heterocycles. The van der Waals surface area contributed by atoms with Crippen molar-refractivity contribution in [3.63, 3.8) is 0 Å². The highest BCUT2D eigenvalue weighted by atomic mass is 16.4. The Labute approximate surface area is 99.3 Å². The molecule has 2 amide bonds. The normalized spacial score (nSPS) is 9.76. The number of anilines is 1. The van der Waals surface area contributed by atoms with E-state index in [0.717, 1.165) is 5.69 Å². The molecule has 0 fully saturated rings. The molecule has 0 saturated heterocycles. The molecular weight excluding hydrogens is 222 g/mol. The van der Waals surface area contributed by atoms with Crippen molar-refractivity contribution in [2.75, 3.05) is 18.9 Å². The lowest BCUT2D eigenvalue weighted by Crippen LogP contribution is -2.33. The van der Waals surface area contributed by atoms with Gasteiger partial charge < -0.3 is 15.3 Å².